The Labute approximate surface area is 78.7 Å². The molecule has 0 bridgehead atoms. The number of hydrogen-bond donors (Lipinski definition) is 2. The van der Waals surface area contributed by atoms with Crippen molar-refractivity contribution in [2.24, 2.45) is 0 Å². The zero-order valence-electron chi connectivity index (χ0n) is 7.06. The summed E-state index contributed by atoms with van der Waals surface area (Å²) in [6, 6.07) is 2.80. The van der Waals surface area contributed by atoms with Crippen molar-refractivity contribution >= 4 is 17.0 Å². The van der Waals surface area contributed by atoms with Gasteiger partial charge in [-0.1, -0.05) is 0 Å². The number of rotatable bonds is 1. The number of nitrogens with one attached hydrogen (secondary N) is 1. The minimum Gasteiger partial charge on any atom is -0.503 e. The summed E-state index contributed by atoms with van der Waals surface area (Å²) in [5.41, 5.74) is 0.956. The van der Waals surface area contributed by atoms with E-state index < -0.39 is 5.97 Å². The third-order valence-electron chi connectivity index (χ3n) is 1.86. The van der Waals surface area contributed by atoms with Crippen LogP contribution in [0.3, 0.4) is 0 Å². The maximum absolute atomic E-state index is 10.8. The molecule has 2 heterocycles. The van der Waals surface area contributed by atoms with Crippen molar-refractivity contribution in [2.75, 3.05) is 0 Å². The average molecular weight is 191 g/mol. The summed E-state index contributed by atoms with van der Waals surface area (Å²) in [4.78, 5) is 17.4. The molecule has 0 fully saturated rings. The minimum absolute atomic E-state index is 0.0209. The van der Waals surface area contributed by atoms with E-state index in [0.29, 0.717) is 11.0 Å². The van der Waals surface area contributed by atoms with Gasteiger partial charge in [-0.05, 0) is 6.07 Å². The molecule has 0 aliphatic rings. The summed E-state index contributed by atoms with van der Waals surface area (Å²) in [6.07, 6.45) is 2.70. The highest BCUT2D eigenvalue weighted by molar-refractivity contribution is 5.98. The molecule has 5 nitrogen and oxygen atoms in total. The van der Waals surface area contributed by atoms with Gasteiger partial charge in [-0.2, -0.15) is 0 Å². The quantitative estimate of drug-likeness (QED) is 0.685. The van der Waals surface area contributed by atoms with E-state index in [1.165, 1.54) is 24.5 Å². The van der Waals surface area contributed by atoms with Gasteiger partial charge in [0.2, 0.25) is 11.7 Å². The number of nitrogens with zero attached hydrogens (tertiary/aromatic N) is 1. The Bertz CT molecular complexity index is 510. The molecule has 0 aromatic carbocycles. The Morgan fingerprint density at radius 1 is 1.50 bits per heavy atom. The van der Waals surface area contributed by atoms with Crippen LogP contribution < -0.4 is 4.98 Å². The molecule has 70 valence electrons. The lowest BCUT2D eigenvalue weighted by molar-refractivity contribution is -0.346. The van der Waals surface area contributed by atoms with Crippen LogP contribution in [-0.2, 0) is 0 Å². The lowest BCUT2D eigenvalue weighted by Crippen LogP contribution is -2.09. The number of carboxylic acids is 1. The molecular formula is C9H7N2O3+. The summed E-state index contributed by atoms with van der Waals surface area (Å²) in [5, 5.41) is 18.0. The normalized spacial score (nSPS) is 10.3. The lowest BCUT2D eigenvalue weighted by atomic mass is 10.2. The van der Waals surface area contributed by atoms with Crippen molar-refractivity contribution < 1.29 is 20.0 Å². The van der Waals surface area contributed by atoms with Gasteiger partial charge in [0.1, 0.15) is 11.1 Å². The van der Waals surface area contributed by atoms with E-state index in [1.54, 1.807) is 0 Å². The molecule has 2 aromatic heterocycles. The molecule has 0 atom stereocenters. The van der Waals surface area contributed by atoms with Crippen molar-refractivity contribution in [3.05, 3.63) is 30.1 Å². The summed E-state index contributed by atoms with van der Waals surface area (Å²) < 4.78 is 0. The van der Waals surface area contributed by atoms with E-state index in [4.69, 9.17) is 10.2 Å². The third kappa shape index (κ3) is 1.24. The molecule has 2 aromatic rings. The SMILES string of the molecule is O=C(O)c1ccnc2cc(O)c[nH+]c12. The monoisotopic (exact) mass is 191 g/mol. The van der Waals surface area contributed by atoms with Gasteiger partial charge in [0, 0.05) is 12.3 Å². The number of H-pyrrole nitrogens is 1. The van der Waals surface area contributed by atoms with Gasteiger partial charge in [0.25, 0.3) is 0 Å². The average Bonchev–Trinajstić information content (AvgIpc) is 2.16. The molecular weight excluding hydrogens is 184 g/mol. The number of hydrogen-bond acceptors (Lipinski definition) is 3. The molecule has 0 saturated heterocycles. The van der Waals surface area contributed by atoms with E-state index in [-0.39, 0.29) is 11.3 Å². The second-order valence-corrected chi connectivity index (χ2v) is 2.78. The largest absolute Gasteiger partial charge is 0.503 e. The van der Waals surface area contributed by atoms with Crippen molar-refractivity contribution in [3.63, 3.8) is 0 Å². The first-order valence-electron chi connectivity index (χ1n) is 3.91. The number of carbonyl (C=O) groups is 1. The van der Waals surface area contributed by atoms with E-state index >= 15 is 0 Å². The van der Waals surface area contributed by atoms with Crippen LogP contribution in [0.4, 0.5) is 0 Å². The van der Waals surface area contributed by atoms with Crippen LogP contribution in [0.25, 0.3) is 11.0 Å². The molecule has 3 N–H and O–H groups in total. The molecule has 0 spiro atoms. The Morgan fingerprint density at radius 2 is 2.29 bits per heavy atom. The molecule has 2 rings (SSSR count). The third-order valence-corrected chi connectivity index (χ3v) is 1.86. The summed E-state index contributed by atoms with van der Waals surface area (Å²) in [6.45, 7) is 0. The van der Waals surface area contributed by atoms with Crippen molar-refractivity contribution in [1.82, 2.24) is 4.98 Å². The van der Waals surface area contributed by atoms with E-state index in [9.17, 15) is 4.79 Å². The van der Waals surface area contributed by atoms with Gasteiger partial charge in [-0.15, -0.1) is 0 Å². The zero-order chi connectivity index (χ0) is 10.1. The van der Waals surface area contributed by atoms with Crippen LogP contribution in [0.15, 0.2) is 24.5 Å². The van der Waals surface area contributed by atoms with E-state index in [1.807, 2.05) is 0 Å². The predicted octanol–water partition coefficient (Wildman–Crippen LogP) is 0.453. The second-order valence-electron chi connectivity index (χ2n) is 2.78. The number of aromatic nitrogens is 2. The Balaban J connectivity index is 2.81. The van der Waals surface area contributed by atoms with Gasteiger partial charge in [-0.3, -0.25) is 0 Å². The summed E-state index contributed by atoms with van der Waals surface area (Å²) in [7, 11) is 0. The first kappa shape index (κ1) is 8.43. The highest BCUT2D eigenvalue weighted by Gasteiger charge is 2.14. The Morgan fingerprint density at radius 3 is 3.00 bits per heavy atom. The van der Waals surface area contributed by atoms with Crippen LogP contribution in [-0.4, -0.2) is 21.2 Å². The molecule has 0 aliphatic heterocycles. The fourth-order valence-corrected chi connectivity index (χ4v) is 1.25. The van der Waals surface area contributed by atoms with E-state index in [2.05, 4.69) is 9.97 Å². The summed E-state index contributed by atoms with van der Waals surface area (Å²) in [5.74, 6) is -1.01. The first-order chi connectivity index (χ1) is 6.68. The second kappa shape index (κ2) is 2.95. The van der Waals surface area contributed by atoms with Gasteiger partial charge in [-0.25, -0.2) is 14.8 Å². The molecule has 0 aliphatic carbocycles. The van der Waals surface area contributed by atoms with Crippen LogP contribution >= 0.6 is 0 Å². The maximum Gasteiger partial charge on any atom is 0.342 e. The van der Waals surface area contributed by atoms with E-state index in [0.717, 1.165) is 0 Å². The number of aromatic carboxylic acids is 1. The number of carboxylic acid groups (broad SMARTS) is 1. The Kier molecular flexibility index (Phi) is 1.78. The highest BCUT2D eigenvalue weighted by Crippen LogP contribution is 2.15. The smallest absolute Gasteiger partial charge is 0.342 e. The predicted molar refractivity (Wildman–Crippen MR) is 46.9 cm³/mol. The number of pyridine rings is 2. The number of aromatic amines is 1. The lowest BCUT2D eigenvalue weighted by Gasteiger charge is -1.95. The van der Waals surface area contributed by atoms with Crippen LogP contribution in [0.1, 0.15) is 10.4 Å². The van der Waals surface area contributed by atoms with Crippen molar-refractivity contribution in [1.29, 1.82) is 0 Å². The number of aromatic hydroxyl groups is 1. The summed E-state index contributed by atoms with van der Waals surface area (Å²) >= 11 is 0. The van der Waals surface area contributed by atoms with Crippen molar-refractivity contribution in [2.45, 2.75) is 0 Å². The highest BCUT2D eigenvalue weighted by atomic mass is 16.4. The Hall–Kier alpha value is -2.17. The fraction of sp³-hybridized carbons (Fsp3) is 0. The van der Waals surface area contributed by atoms with Crippen molar-refractivity contribution in [3.8, 4) is 5.75 Å². The van der Waals surface area contributed by atoms with Gasteiger partial charge >= 0.3 is 5.97 Å². The van der Waals surface area contributed by atoms with Crippen LogP contribution in [0, 0.1) is 0 Å². The standard InChI is InChI=1S/C9H6N2O3/c12-5-3-7-8(11-4-5)6(9(13)14)1-2-10-7/h1-4,12H,(H,13,14)/p+1. The van der Waals surface area contributed by atoms with Gasteiger partial charge < -0.3 is 10.2 Å². The molecule has 0 unspecified atom stereocenters. The molecule has 5 heteroatoms. The molecule has 0 saturated carbocycles. The van der Waals surface area contributed by atoms with Crippen LogP contribution in [0.2, 0.25) is 0 Å². The fourth-order valence-electron chi connectivity index (χ4n) is 1.25. The maximum atomic E-state index is 10.8. The molecule has 14 heavy (non-hydrogen) atoms. The zero-order valence-corrected chi connectivity index (χ0v) is 7.06. The van der Waals surface area contributed by atoms with Gasteiger partial charge in [0.15, 0.2) is 5.75 Å². The molecule has 0 amide bonds. The topological polar surface area (TPSA) is 84.6 Å². The van der Waals surface area contributed by atoms with Gasteiger partial charge in [0.05, 0.1) is 0 Å². The van der Waals surface area contributed by atoms with Crippen LogP contribution in [0.5, 0.6) is 5.75 Å². The minimum atomic E-state index is -1.03. The first-order valence-corrected chi connectivity index (χ1v) is 3.91. The number of fused-ring (bicyclic) bond motifs is 1. The molecule has 0 radical (unpaired) electrons.